The predicted molar refractivity (Wildman–Crippen MR) is 86.9 cm³/mol. The fourth-order valence-corrected chi connectivity index (χ4v) is 1.36. The van der Waals surface area contributed by atoms with Crippen molar-refractivity contribution in [3.8, 4) is 11.5 Å². The molecule has 0 aliphatic rings. The third kappa shape index (κ3) is 5.97. The Labute approximate surface area is 130 Å². The summed E-state index contributed by atoms with van der Waals surface area (Å²) < 4.78 is 15.2. The van der Waals surface area contributed by atoms with Crippen molar-refractivity contribution >= 4 is 35.6 Å². The monoisotopic (exact) mass is 381 g/mol. The Balaban J connectivity index is 0.00000324. The van der Waals surface area contributed by atoms with E-state index in [2.05, 4.69) is 10.3 Å². The highest BCUT2D eigenvalue weighted by Gasteiger charge is 2.04. The number of nitrogens with zero attached hydrogens (tertiary/aromatic N) is 1. The van der Waals surface area contributed by atoms with Gasteiger partial charge in [-0.15, -0.1) is 24.0 Å². The SMILES string of the molecule is COCCN=C(N)Nc1ccc(OC)c(OC)c1.I. The largest absolute Gasteiger partial charge is 0.493 e. The number of nitrogens with two attached hydrogens (primary N) is 1. The minimum Gasteiger partial charge on any atom is -0.493 e. The molecule has 0 aliphatic carbocycles. The number of nitrogens with one attached hydrogen (secondary N) is 1. The standard InChI is InChI=1S/C12H19N3O3.HI/c1-16-7-6-14-12(13)15-9-4-5-10(17-2)11(8-9)18-3;/h4-5,8H,6-7H2,1-3H3,(H3,13,14,15);1H. The van der Waals surface area contributed by atoms with Crippen molar-refractivity contribution in [2.75, 3.05) is 39.8 Å². The van der Waals surface area contributed by atoms with Gasteiger partial charge >= 0.3 is 0 Å². The highest BCUT2D eigenvalue weighted by molar-refractivity contribution is 14.0. The van der Waals surface area contributed by atoms with Crippen LogP contribution in [0.2, 0.25) is 0 Å². The number of anilines is 1. The minimum atomic E-state index is 0. The van der Waals surface area contributed by atoms with Gasteiger partial charge in [-0.3, -0.25) is 4.99 Å². The van der Waals surface area contributed by atoms with E-state index in [4.69, 9.17) is 19.9 Å². The van der Waals surface area contributed by atoms with Crippen LogP contribution in [0.1, 0.15) is 0 Å². The molecule has 0 heterocycles. The van der Waals surface area contributed by atoms with Crippen LogP contribution in [0.25, 0.3) is 0 Å². The van der Waals surface area contributed by atoms with Crippen LogP contribution in [-0.2, 0) is 4.74 Å². The van der Waals surface area contributed by atoms with Crippen LogP contribution in [0.3, 0.4) is 0 Å². The number of aliphatic imine (C=N–C) groups is 1. The molecule has 0 saturated carbocycles. The number of halogens is 1. The zero-order valence-electron chi connectivity index (χ0n) is 11.3. The molecule has 6 nitrogen and oxygen atoms in total. The lowest BCUT2D eigenvalue weighted by atomic mass is 10.3. The molecule has 108 valence electrons. The van der Waals surface area contributed by atoms with E-state index in [0.29, 0.717) is 30.6 Å². The number of guanidine groups is 1. The fraction of sp³-hybridized carbons (Fsp3) is 0.417. The second kappa shape index (κ2) is 9.68. The summed E-state index contributed by atoms with van der Waals surface area (Å²) in [5.41, 5.74) is 6.50. The fourth-order valence-electron chi connectivity index (χ4n) is 1.36. The van der Waals surface area contributed by atoms with E-state index in [-0.39, 0.29) is 24.0 Å². The van der Waals surface area contributed by atoms with Gasteiger partial charge in [0, 0.05) is 18.9 Å². The molecule has 0 bridgehead atoms. The zero-order chi connectivity index (χ0) is 13.4. The number of benzene rings is 1. The molecule has 0 atom stereocenters. The van der Waals surface area contributed by atoms with Gasteiger partial charge in [0.05, 0.1) is 27.4 Å². The average Bonchev–Trinajstić information content (AvgIpc) is 2.39. The Bertz CT molecular complexity index is 413. The quantitative estimate of drug-likeness (QED) is 0.340. The maximum absolute atomic E-state index is 5.72. The van der Waals surface area contributed by atoms with Gasteiger partial charge in [-0.2, -0.15) is 0 Å². The van der Waals surface area contributed by atoms with E-state index >= 15 is 0 Å². The van der Waals surface area contributed by atoms with Crippen LogP contribution in [0, 0.1) is 0 Å². The van der Waals surface area contributed by atoms with Gasteiger partial charge in [-0.25, -0.2) is 0 Å². The molecule has 0 aromatic heterocycles. The summed E-state index contributed by atoms with van der Waals surface area (Å²) in [5.74, 6) is 1.63. The second-order valence-corrected chi connectivity index (χ2v) is 3.45. The van der Waals surface area contributed by atoms with Gasteiger partial charge in [-0.05, 0) is 12.1 Å². The summed E-state index contributed by atoms with van der Waals surface area (Å²) in [4.78, 5) is 4.09. The van der Waals surface area contributed by atoms with E-state index in [9.17, 15) is 0 Å². The summed E-state index contributed by atoms with van der Waals surface area (Å²) in [7, 11) is 4.79. The molecule has 0 amide bonds. The van der Waals surface area contributed by atoms with Crippen LogP contribution >= 0.6 is 24.0 Å². The molecule has 0 aliphatic heterocycles. The molecule has 0 fully saturated rings. The van der Waals surface area contributed by atoms with E-state index in [0.717, 1.165) is 5.69 Å². The number of hydrogen-bond donors (Lipinski definition) is 2. The lowest BCUT2D eigenvalue weighted by molar-refractivity contribution is 0.208. The van der Waals surface area contributed by atoms with Crippen LogP contribution < -0.4 is 20.5 Å². The summed E-state index contributed by atoms with van der Waals surface area (Å²) in [6.45, 7) is 1.05. The Kier molecular flexibility index (Phi) is 9.06. The van der Waals surface area contributed by atoms with E-state index in [1.807, 2.05) is 6.07 Å². The summed E-state index contributed by atoms with van der Waals surface area (Å²) in [6, 6.07) is 5.42. The van der Waals surface area contributed by atoms with Gasteiger partial charge in [-0.1, -0.05) is 0 Å². The van der Waals surface area contributed by atoms with Crippen LogP contribution in [0.4, 0.5) is 5.69 Å². The van der Waals surface area contributed by atoms with E-state index in [1.165, 1.54) is 0 Å². The molecule has 3 N–H and O–H groups in total. The number of rotatable bonds is 6. The molecule has 19 heavy (non-hydrogen) atoms. The Morgan fingerprint density at radius 1 is 1.21 bits per heavy atom. The Morgan fingerprint density at radius 3 is 2.47 bits per heavy atom. The van der Waals surface area contributed by atoms with Crippen molar-refractivity contribution in [1.82, 2.24) is 0 Å². The summed E-state index contributed by atoms with van der Waals surface area (Å²) >= 11 is 0. The van der Waals surface area contributed by atoms with Crippen molar-refractivity contribution in [1.29, 1.82) is 0 Å². The molecule has 0 radical (unpaired) electrons. The highest BCUT2D eigenvalue weighted by Crippen LogP contribution is 2.29. The van der Waals surface area contributed by atoms with Crippen molar-refractivity contribution < 1.29 is 14.2 Å². The number of hydrogen-bond acceptors (Lipinski definition) is 4. The maximum atomic E-state index is 5.72. The first-order valence-electron chi connectivity index (χ1n) is 5.49. The first kappa shape index (κ1) is 17.8. The van der Waals surface area contributed by atoms with Crippen LogP contribution in [-0.4, -0.2) is 40.4 Å². The van der Waals surface area contributed by atoms with E-state index < -0.39 is 0 Å². The molecular weight excluding hydrogens is 361 g/mol. The van der Waals surface area contributed by atoms with Crippen LogP contribution in [0.5, 0.6) is 11.5 Å². The van der Waals surface area contributed by atoms with Crippen molar-refractivity contribution in [3.05, 3.63) is 18.2 Å². The van der Waals surface area contributed by atoms with Gasteiger partial charge < -0.3 is 25.3 Å². The molecule has 0 saturated heterocycles. The van der Waals surface area contributed by atoms with Gasteiger partial charge in [0.15, 0.2) is 17.5 Å². The molecule has 1 aromatic rings. The molecule has 0 unspecified atom stereocenters. The Morgan fingerprint density at radius 2 is 1.89 bits per heavy atom. The molecule has 7 heteroatoms. The maximum Gasteiger partial charge on any atom is 0.193 e. The molecule has 1 rings (SSSR count). The third-order valence-electron chi connectivity index (χ3n) is 2.23. The topological polar surface area (TPSA) is 78.1 Å². The van der Waals surface area contributed by atoms with Gasteiger partial charge in [0.1, 0.15) is 0 Å². The highest BCUT2D eigenvalue weighted by atomic mass is 127. The van der Waals surface area contributed by atoms with E-state index in [1.54, 1.807) is 33.5 Å². The third-order valence-corrected chi connectivity index (χ3v) is 2.23. The number of methoxy groups -OCH3 is 3. The van der Waals surface area contributed by atoms with Gasteiger partial charge in [0.25, 0.3) is 0 Å². The average molecular weight is 381 g/mol. The van der Waals surface area contributed by atoms with Gasteiger partial charge in [0.2, 0.25) is 0 Å². The lowest BCUT2D eigenvalue weighted by Crippen LogP contribution is -2.23. The summed E-state index contributed by atoms with van der Waals surface area (Å²) in [6.07, 6.45) is 0. The molecular formula is C12H20IN3O3. The minimum absolute atomic E-state index is 0. The summed E-state index contributed by atoms with van der Waals surface area (Å²) in [5, 5.41) is 2.96. The first-order valence-corrected chi connectivity index (χ1v) is 5.49. The Hall–Kier alpha value is -1.22. The lowest BCUT2D eigenvalue weighted by Gasteiger charge is -2.10. The van der Waals surface area contributed by atoms with Crippen molar-refractivity contribution in [3.63, 3.8) is 0 Å². The second-order valence-electron chi connectivity index (χ2n) is 3.45. The van der Waals surface area contributed by atoms with Crippen molar-refractivity contribution in [2.45, 2.75) is 0 Å². The van der Waals surface area contributed by atoms with Crippen molar-refractivity contribution in [2.24, 2.45) is 10.7 Å². The zero-order valence-corrected chi connectivity index (χ0v) is 13.6. The molecule has 1 aromatic carbocycles. The number of ether oxygens (including phenoxy) is 3. The predicted octanol–water partition coefficient (Wildman–Crippen LogP) is 1.69. The molecule has 0 spiro atoms. The smallest absolute Gasteiger partial charge is 0.193 e. The van der Waals surface area contributed by atoms with Crippen LogP contribution in [0.15, 0.2) is 23.2 Å². The first-order chi connectivity index (χ1) is 8.71. The normalized spacial score (nSPS) is 10.6.